The lowest BCUT2D eigenvalue weighted by Gasteiger charge is -2.44. The number of hydrogen-bond donors (Lipinski definition) is 1. The summed E-state index contributed by atoms with van der Waals surface area (Å²) in [5, 5.41) is 10.8. The van der Waals surface area contributed by atoms with Crippen molar-refractivity contribution in [1.82, 2.24) is 14.5 Å². The molecule has 0 amide bonds. The van der Waals surface area contributed by atoms with Gasteiger partial charge in [-0.3, -0.25) is 4.90 Å². The second-order valence-electron chi connectivity index (χ2n) is 9.46. The fraction of sp³-hybridized carbons (Fsp3) is 0.321. The Kier molecular flexibility index (Phi) is 5.69. The highest BCUT2D eigenvalue weighted by atomic mass is 16.5. The molecule has 33 heavy (non-hydrogen) atoms. The van der Waals surface area contributed by atoms with Crippen LogP contribution in [0.15, 0.2) is 73.1 Å². The molecule has 0 saturated carbocycles. The van der Waals surface area contributed by atoms with Gasteiger partial charge in [0.1, 0.15) is 18.5 Å². The number of rotatable bonds is 6. The van der Waals surface area contributed by atoms with Gasteiger partial charge < -0.3 is 14.4 Å². The van der Waals surface area contributed by atoms with Gasteiger partial charge in [-0.2, -0.15) is 0 Å². The number of nitrogens with zero attached hydrogens (tertiary/aromatic N) is 3. The highest BCUT2D eigenvalue weighted by Gasteiger charge is 2.35. The summed E-state index contributed by atoms with van der Waals surface area (Å²) in [7, 11) is 2.00. The molecule has 0 saturated heterocycles. The Morgan fingerprint density at radius 2 is 1.85 bits per heavy atom. The largest absolute Gasteiger partial charge is 0.491 e. The number of aromatic nitrogens is 2. The van der Waals surface area contributed by atoms with Gasteiger partial charge in [-0.15, -0.1) is 0 Å². The van der Waals surface area contributed by atoms with Crippen LogP contribution >= 0.6 is 0 Å². The minimum Gasteiger partial charge on any atom is -0.491 e. The van der Waals surface area contributed by atoms with Gasteiger partial charge in [-0.1, -0.05) is 42.5 Å². The van der Waals surface area contributed by atoms with Crippen molar-refractivity contribution in [2.75, 3.05) is 19.7 Å². The van der Waals surface area contributed by atoms with Gasteiger partial charge in [-0.25, -0.2) is 4.98 Å². The zero-order chi connectivity index (χ0) is 23.0. The number of aliphatic hydroxyl groups excluding tert-OH is 1. The zero-order valence-electron chi connectivity index (χ0n) is 19.5. The molecule has 5 nitrogen and oxygen atoms in total. The van der Waals surface area contributed by atoms with Crippen molar-refractivity contribution in [2.45, 2.75) is 31.9 Å². The van der Waals surface area contributed by atoms with Crippen LogP contribution in [0.2, 0.25) is 0 Å². The minimum absolute atomic E-state index is 0.111. The van der Waals surface area contributed by atoms with Crippen molar-refractivity contribution in [1.29, 1.82) is 0 Å². The van der Waals surface area contributed by atoms with Crippen molar-refractivity contribution in [3.63, 3.8) is 0 Å². The van der Waals surface area contributed by atoms with Gasteiger partial charge in [0.05, 0.1) is 17.4 Å². The van der Waals surface area contributed by atoms with Gasteiger partial charge in [0.2, 0.25) is 0 Å². The van der Waals surface area contributed by atoms with Crippen molar-refractivity contribution in [2.24, 2.45) is 7.05 Å². The summed E-state index contributed by atoms with van der Waals surface area (Å²) >= 11 is 0. The molecule has 5 heteroatoms. The van der Waals surface area contributed by atoms with E-state index in [0.29, 0.717) is 6.54 Å². The quantitative estimate of drug-likeness (QED) is 0.468. The molecule has 3 aromatic carbocycles. The number of β-amino-alcohol motifs (C(OH)–C–C–N with tert-alkyl or cyclic N) is 1. The normalized spacial score (nSPS) is 16.5. The molecule has 0 bridgehead atoms. The molecule has 1 atom stereocenters. The monoisotopic (exact) mass is 441 g/mol. The SMILES string of the molecule is Cn1cnc2ccc(-c3cccc(OCC(O)CN4CCc5ccccc5C4(C)C)c3)cc21. The maximum Gasteiger partial charge on any atom is 0.120 e. The summed E-state index contributed by atoms with van der Waals surface area (Å²) in [6.45, 7) is 6.26. The molecular weight excluding hydrogens is 410 g/mol. The summed E-state index contributed by atoms with van der Waals surface area (Å²) in [5.74, 6) is 0.764. The Labute approximate surface area is 195 Å². The minimum atomic E-state index is -0.566. The van der Waals surface area contributed by atoms with E-state index in [1.807, 2.05) is 42.2 Å². The first-order valence-corrected chi connectivity index (χ1v) is 11.6. The molecule has 1 aromatic heterocycles. The molecule has 0 radical (unpaired) electrons. The second kappa shape index (κ2) is 8.65. The number of benzene rings is 3. The van der Waals surface area contributed by atoms with Crippen LogP contribution in [0.25, 0.3) is 22.2 Å². The van der Waals surface area contributed by atoms with Gasteiger partial charge in [-0.05, 0) is 66.8 Å². The Balaban J connectivity index is 1.25. The number of hydrogen-bond acceptors (Lipinski definition) is 4. The third kappa shape index (κ3) is 4.26. The Morgan fingerprint density at radius 3 is 2.73 bits per heavy atom. The molecule has 0 fully saturated rings. The van der Waals surface area contributed by atoms with E-state index < -0.39 is 6.10 Å². The lowest BCUT2D eigenvalue weighted by Crippen LogP contribution is -2.50. The topological polar surface area (TPSA) is 50.5 Å². The van der Waals surface area contributed by atoms with E-state index in [2.05, 4.69) is 66.2 Å². The molecule has 0 spiro atoms. The molecule has 1 N–H and O–H groups in total. The van der Waals surface area contributed by atoms with Gasteiger partial charge >= 0.3 is 0 Å². The predicted molar refractivity (Wildman–Crippen MR) is 132 cm³/mol. The molecule has 2 heterocycles. The first kappa shape index (κ1) is 21.7. The average Bonchev–Trinajstić information content (AvgIpc) is 3.20. The van der Waals surface area contributed by atoms with E-state index >= 15 is 0 Å². The second-order valence-corrected chi connectivity index (χ2v) is 9.46. The van der Waals surface area contributed by atoms with E-state index in [4.69, 9.17) is 4.74 Å². The summed E-state index contributed by atoms with van der Waals surface area (Å²) in [6.07, 6.45) is 2.28. The van der Waals surface area contributed by atoms with E-state index in [9.17, 15) is 5.11 Å². The summed E-state index contributed by atoms with van der Waals surface area (Å²) in [4.78, 5) is 6.76. The van der Waals surface area contributed by atoms with Crippen LogP contribution in [0.3, 0.4) is 0 Å². The van der Waals surface area contributed by atoms with Crippen molar-refractivity contribution in [3.8, 4) is 16.9 Å². The van der Waals surface area contributed by atoms with Crippen molar-refractivity contribution < 1.29 is 9.84 Å². The summed E-state index contributed by atoms with van der Waals surface area (Å²) < 4.78 is 8.03. The molecule has 1 aliphatic heterocycles. The average molecular weight is 442 g/mol. The number of aryl methyl sites for hydroxylation is 1. The number of aliphatic hydroxyl groups is 1. The van der Waals surface area contributed by atoms with Gasteiger partial charge in [0.15, 0.2) is 0 Å². The van der Waals surface area contributed by atoms with Crippen LogP contribution < -0.4 is 4.74 Å². The van der Waals surface area contributed by atoms with Gasteiger partial charge in [0, 0.05) is 25.7 Å². The highest BCUT2D eigenvalue weighted by molar-refractivity contribution is 5.82. The number of fused-ring (bicyclic) bond motifs is 2. The van der Waals surface area contributed by atoms with Crippen molar-refractivity contribution in [3.05, 3.63) is 84.2 Å². The molecule has 0 aliphatic carbocycles. The zero-order valence-corrected chi connectivity index (χ0v) is 19.5. The fourth-order valence-corrected chi connectivity index (χ4v) is 4.93. The maximum atomic E-state index is 10.8. The van der Waals surface area contributed by atoms with E-state index in [1.165, 1.54) is 11.1 Å². The Morgan fingerprint density at radius 1 is 1.03 bits per heavy atom. The first-order chi connectivity index (χ1) is 15.9. The number of ether oxygens (including phenoxy) is 1. The fourth-order valence-electron chi connectivity index (χ4n) is 4.93. The van der Waals surface area contributed by atoms with Crippen molar-refractivity contribution >= 4 is 11.0 Å². The smallest absolute Gasteiger partial charge is 0.120 e. The van der Waals surface area contributed by atoms with Crippen LogP contribution in [0.1, 0.15) is 25.0 Å². The third-order valence-corrected chi connectivity index (χ3v) is 6.88. The Bertz CT molecular complexity index is 1280. The van der Waals surface area contributed by atoms with E-state index in [-0.39, 0.29) is 12.1 Å². The summed E-state index contributed by atoms with van der Waals surface area (Å²) in [5.41, 5.74) is 6.93. The van der Waals surface area contributed by atoms with E-state index in [0.717, 1.165) is 40.9 Å². The van der Waals surface area contributed by atoms with Crippen LogP contribution in [0.4, 0.5) is 0 Å². The standard InChI is InChI=1S/C28H31N3O2/c1-28(2)25-10-5-4-7-20(25)13-14-31(28)17-23(32)18-33-24-9-6-8-21(15-24)22-11-12-26-27(16-22)30(3)19-29-26/h4-12,15-16,19,23,32H,13-14,17-18H2,1-3H3. The molecule has 1 aliphatic rings. The summed E-state index contributed by atoms with van der Waals surface area (Å²) in [6, 6.07) is 23.0. The molecule has 170 valence electrons. The Hall–Kier alpha value is -3.15. The number of imidazole rings is 1. The van der Waals surface area contributed by atoms with Crippen LogP contribution in [-0.2, 0) is 19.0 Å². The van der Waals surface area contributed by atoms with E-state index in [1.54, 1.807) is 0 Å². The lowest BCUT2D eigenvalue weighted by atomic mass is 9.83. The molecule has 4 aromatic rings. The lowest BCUT2D eigenvalue weighted by molar-refractivity contribution is 0.0207. The van der Waals surface area contributed by atoms with Crippen LogP contribution in [0.5, 0.6) is 5.75 Å². The molecular formula is C28H31N3O2. The predicted octanol–water partition coefficient (Wildman–Crippen LogP) is 4.77. The molecule has 5 rings (SSSR count). The maximum absolute atomic E-state index is 10.8. The van der Waals surface area contributed by atoms with Crippen LogP contribution in [-0.4, -0.2) is 45.4 Å². The first-order valence-electron chi connectivity index (χ1n) is 11.6. The highest BCUT2D eigenvalue weighted by Crippen LogP contribution is 2.35. The third-order valence-electron chi connectivity index (χ3n) is 6.88. The molecule has 1 unspecified atom stereocenters. The van der Waals surface area contributed by atoms with Gasteiger partial charge in [0.25, 0.3) is 0 Å². The van der Waals surface area contributed by atoms with Crippen LogP contribution in [0, 0.1) is 0 Å².